The Labute approximate surface area is 301 Å². The summed E-state index contributed by atoms with van der Waals surface area (Å²) < 4.78 is 2.51. The van der Waals surface area contributed by atoms with Gasteiger partial charge in [-0.3, -0.25) is 0 Å². The number of fused-ring (bicyclic) bond motifs is 4. The standard InChI is InChI=1S/C42H48IN2O2S/c1-41(2)36(45(6)35-22-19-29-13-8-10-17-33(29)39(35)41)23-20-30-14-11-15-31(40(30)48-27-25-37(46)47)24-26-43-42(3,4)38-32-16-9-7-12-28(32)18-21-34(38)44-5/h7-10,12-13,16-19,21-24,26,30,44H,11,14-15,20,25,27H2,1-6H3,(H,46,47)/q-1. The Kier molecular flexibility index (Phi) is 10.3. The van der Waals surface area contributed by atoms with Gasteiger partial charge in [-0.05, 0) is 0 Å². The molecule has 2 N–H and O–H groups in total. The van der Waals surface area contributed by atoms with Crippen molar-refractivity contribution in [2.24, 2.45) is 5.92 Å². The van der Waals surface area contributed by atoms with Gasteiger partial charge in [0, 0.05) is 0 Å². The number of thioether (sulfide) groups is 1. The van der Waals surface area contributed by atoms with Gasteiger partial charge in [0.15, 0.2) is 0 Å². The number of nitrogens with zero attached hydrogens (tertiary/aromatic N) is 1. The fraction of sp³-hybridized carbons (Fsp3) is 0.357. The monoisotopic (exact) mass is 771 g/mol. The maximum absolute atomic E-state index is 11.5. The third kappa shape index (κ3) is 6.80. The zero-order valence-corrected chi connectivity index (χ0v) is 32.0. The molecule has 4 nitrogen and oxygen atoms in total. The van der Waals surface area contributed by atoms with Crippen LogP contribution in [0.4, 0.5) is 11.4 Å². The van der Waals surface area contributed by atoms with Crippen molar-refractivity contribution in [2.45, 2.75) is 68.6 Å². The number of nitrogens with one attached hydrogen (secondary N) is 1. The molecule has 48 heavy (non-hydrogen) atoms. The van der Waals surface area contributed by atoms with E-state index in [1.54, 1.807) is 11.8 Å². The van der Waals surface area contributed by atoms with E-state index in [0.717, 1.165) is 25.7 Å². The predicted molar refractivity (Wildman–Crippen MR) is 203 cm³/mol. The Hall–Kier alpha value is -3.23. The first-order valence-electron chi connectivity index (χ1n) is 17.1. The van der Waals surface area contributed by atoms with Crippen LogP contribution in [0, 0.1) is 5.92 Å². The Balaban J connectivity index is 1.29. The molecule has 1 unspecified atom stereocenters. The summed E-state index contributed by atoms with van der Waals surface area (Å²) in [6, 6.07) is 26.4. The van der Waals surface area contributed by atoms with Gasteiger partial charge in [-0.2, -0.15) is 0 Å². The fourth-order valence-electron chi connectivity index (χ4n) is 7.86. The molecule has 4 aromatic rings. The number of anilines is 2. The molecule has 4 aromatic carbocycles. The van der Waals surface area contributed by atoms with E-state index in [0.29, 0.717) is 11.7 Å². The van der Waals surface area contributed by atoms with Crippen LogP contribution >= 0.6 is 11.8 Å². The number of benzene rings is 4. The molecule has 0 fully saturated rings. The van der Waals surface area contributed by atoms with Gasteiger partial charge in [0.2, 0.25) is 0 Å². The van der Waals surface area contributed by atoms with Crippen molar-refractivity contribution < 1.29 is 31.1 Å². The normalized spacial score (nSPS) is 18.8. The first kappa shape index (κ1) is 34.6. The molecule has 0 saturated heterocycles. The molecule has 0 spiro atoms. The molecule has 0 radical (unpaired) electrons. The average Bonchev–Trinajstić information content (AvgIpc) is 3.27. The van der Waals surface area contributed by atoms with Gasteiger partial charge < -0.3 is 0 Å². The molecule has 1 atom stereocenters. The van der Waals surface area contributed by atoms with Gasteiger partial charge in [-0.15, -0.1) is 0 Å². The van der Waals surface area contributed by atoms with Gasteiger partial charge in [-0.25, -0.2) is 0 Å². The summed E-state index contributed by atoms with van der Waals surface area (Å²) in [5.74, 6) is 0.284. The van der Waals surface area contributed by atoms with Crippen molar-refractivity contribution in [3.8, 4) is 0 Å². The van der Waals surface area contributed by atoms with Crippen molar-refractivity contribution in [1.29, 1.82) is 0 Å². The van der Waals surface area contributed by atoms with E-state index in [9.17, 15) is 9.90 Å². The second kappa shape index (κ2) is 14.3. The zero-order chi connectivity index (χ0) is 34.1. The summed E-state index contributed by atoms with van der Waals surface area (Å²) in [5.41, 5.74) is 7.97. The molecular formula is C42H48IN2O2S-. The van der Waals surface area contributed by atoms with Crippen LogP contribution < -0.4 is 31.4 Å². The van der Waals surface area contributed by atoms with E-state index in [1.165, 1.54) is 60.2 Å². The Morgan fingerprint density at radius 2 is 1.73 bits per heavy atom. The average molecular weight is 772 g/mol. The summed E-state index contributed by atoms with van der Waals surface area (Å²) >= 11 is 1.45. The van der Waals surface area contributed by atoms with Crippen LogP contribution in [0.1, 0.15) is 70.9 Å². The second-order valence-electron chi connectivity index (χ2n) is 14.0. The van der Waals surface area contributed by atoms with E-state index >= 15 is 0 Å². The van der Waals surface area contributed by atoms with Gasteiger partial charge in [0.1, 0.15) is 0 Å². The van der Waals surface area contributed by atoms with Gasteiger partial charge in [0.25, 0.3) is 0 Å². The first-order valence-corrected chi connectivity index (χ1v) is 20.4. The van der Waals surface area contributed by atoms with E-state index in [2.05, 4.69) is 134 Å². The number of hydrogen-bond acceptors (Lipinski definition) is 4. The zero-order valence-electron chi connectivity index (χ0n) is 29.1. The van der Waals surface area contributed by atoms with Gasteiger partial charge >= 0.3 is 285 Å². The summed E-state index contributed by atoms with van der Waals surface area (Å²) in [6.45, 7) is 9.51. The number of carboxylic acids is 1. The molecule has 1 aliphatic heterocycles. The van der Waals surface area contributed by atoms with Crippen molar-refractivity contribution in [1.82, 2.24) is 0 Å². The second-order valence-corrected chi connectivity index (χ2v) is 19.2. The number of halogens is 1. The number of hydrogen-bond donors (Lipinski definition) is 2. The van der Waals surface area contributed by atoms with E-state index in [-0.39, 0.29) is 36.5 Å². The molecule has 0 amide bonds. The number of likely N-dealkylation sites (N-methyl/N-ethyl adjacent to an activating group) is 1. The van der Waals surface area contributed by atoms with Crippen molar-refractivity contribution in [3.05, 3.63) is 116 Å². The van der Waals surface area contributed by atoms with E-state index < -0.39 is 5.97 Å². The molecule has 6 rings (SSSR count). The molecule has 0 saturated carbocycles. The van der Waals surface area contributed by atoms with Crippen LogP contribution in [0.25, 0.3) is 21.5 Å². The minimum absolute atomic E-state index is 0.0298. The van der Waals surface area contributed by atoms with E-state index in [1.807, 2.05) is 7.05 Å². The maximum atomic E-state index is 11.5. The molecule has 1 heterocycles. The Morgan fingerprint density at radius 3 is 2.46 bits per heavy atom. The fourth-order valence-corrected chi connectivity index (χ4v) is 11.6. The number of rotatable bonds is 11. The number of aliphatic carboxylic acids is 1. The van der Waals surface area contributed by atoms with Crippen LogP contribution in [0.5, 0.6) is 0 Å². The molecule has 2 aliphatic rings. The minimum atomic E-state index is -0.725. The Morgan fingerprint density at radius 1 is 1.04 bits per heavy atom. The summed E-state index contributed by atoms with van der Waals surface area (Å²) in [5, 5.41) is 18.2. The number of carbonyl (C=O) groups is 1. The third-order valence-electron chi connectivity index (χ3n) is 10.1. The van der Waals surface area contributed by atoms with Crippen LogP contribution in [-0.4, -0.2) is 30.9 Å². The number of allylic oxidation sites excluding steroid dienone is 5. The molecule has 0 aromatic heterocycles. The quantitative estimate of drug-likeness (QED) is 0.120. The summed E-state index contributed by atoms with van der Waals surface area (Å²) in [7, 11) is 4.23. The SMILES string of the molecule is CNc1ccc2ccccc2c1C(C)(C)[I-]C=CC1=C(SCCC(=O)O)C(CC=C2N(C)c3ccc4ccccc4c3C2(C)C)CCC1. The van der Waals surface area contributed by atoms with Crippen LogP contribution in [0.15, 0.2) is 105 Å². The topological polar surface area (TPSA) is 52.6 Å². The molecular weight excluding hydrogens is 723 g/mol. The van der Waals surface area contributed by atoms with Crippen LogP contribution in [-0.2, 0) is 13.6 Å². The van der Waals surface area contributed by atoms with Gasteiger partial charge in [0.05, 0.1) is 0 Å². The summed E-state index contributed by atoms with van der Waals surface area (Å²) in [6.07, 6.45) is 9.40. The Bertz CT molecular complexity index is 1940. The molecule has 6 heteroatoms. The van der Waals surface area contributed by atoms with E-state index in [4.69, 9.17) is 0 Å². The van der Waals surface area contributed by atoms with Crippen LogP contribution in [0.2, 0.25) is 0 Å². The number of carboxylic acid groups (broad SMARTS) is 1. The summed E-state index contributed by atoms with van der Waals surface area (Å²) in [4.78, 5) is 15.3. The van der Waals surface area contributed by atoms with Gasteiger partial charge in [-0.1, -0.05) is 18.2 Å². The molecule has 1 aliphatic carbocycles. The number of alkyl halides is 1. The predicted octanol–water partition coefficient (Wildman–Crippen LogP) is 7.84. The van der Waals surface area contributed by atoms with Crippen molar-refractivity contribution in [3.63, 3.8) is 0 Å². The molecule has 252 valence electrons. The van der Waals surface area contributed by atoms with Crippen molar-refractivity contribution in [2.75, 3.05) is 30.1 Å². The molecule has 0 bridgehead atoms. The third-order valence-corrected chi connectivity index (χ3v) is 14.3. The van der Waals surface area contributed by atoms with Crippen molar-refractivity contribution >= 4 is 50.7 Å². The first-order chi connectivity index (χ1) is 23.0. The van der Waals surface area contributed by atoms with Crippen LogP contribution in [0.3, 0.4) is 0 Å².